The summed E-state index contributed by atoms with van der Waals surface area (Å²) in [6.45, 7) is 7.85. The molecule has 0 spiro atoms. The highest BCUT2D eigenvalue weighted by molar-refractivity contribution is 5.60. The second-order valence-corrected chi connectivity index (χ2v) is 8.31. The average Bonchev–Trinajstić information content (AvgIpc) is 2.94. The lowest BCUT2D eigenvalue weighted by Crippen LogP contribution is -2.32. The smallest absolute Gasteiger partial charge is 0.431 e. The molecule has 10 heteroatoms. The van der Waals surface area contributed by atoms with Crippen LogP contribution in [0.4, 0.5) is 10.6 Å². The Bertz CT molecular complexity index is 808. The van der Waals surface area contributed by atoms with Gasteiger partial charge in [0.1, 0.15) is 36.7 Å². The summed E-state index contributed by atoms with van der Waals surface area (Å²) in [5.41, 5.74) is 4.77. The first-order valence-corrected chi connectivity index (χ1v) is 10.0. The van der Waals surface area contributed by atoms with E-state index >= 15 is 0 Å². The van der Waals surface area contributed by atoms with Crippen molar-refractivity contribution >= 4 is 12.0 Å². The molecule has 1 fully saturated rings. The first-order chi connectivity index (χ1) is 14.1. The van der Waals surface area contributed by atoms with Crippen molar-refractivity contribution in [2.75, 3.05) is 12.3 Å². The molecule has 3 N–H and O–H groups in total. The monoisotopic (exact) mass is 422 g/mol. The molecule has 1 aromatic heterocycles. The molecular weight excluding hydrogens is 392 g/mol. The third-order valence-electron chi connectivity index (χ3n) is 4.74. The van der Waals surface area contributed by atoms with Crippen molar-refractivity contribution < 1.29 is 24.1 Å². The van der Waals surface area contributed by atoms with Crippen molar-refractivity contribution in [3.63, 3.8) is 0 Å². The Morgan fingerprint density at radius 2 is 2.00 bits per heavy atom. The number of aliphatic hydroxyl groups is 1. The molecule has 1 aliphatic rings. The van der Waals surface area contributed by atoms with Crippen molar-refractivity contribution in [2.45, 2.75) is 65.1 Å². The van der Waals surface area contributed by atoms with E-state index in [0.29, 0.717) is 24.7 Å². The van der Waals surface area contributed by atoms with Crippen LogP contribution in [0.5, 0.6) is 0 Å². The van der Waals surface area contributed by atoms with Crippen LogP contribution in [0.25, 0.3) is 0 Å². The molecule has 1 aromatic rings. The van der Waals surface area contributed by atoms with Gasteiger partial charge in [-0.15, -0.1) is 0 Å². The number of carbonyl (C=O) groups excluding carboxylic acids is 1. The van der Waals surface area contributed by atoms with Crippen LogP contribution < -0.4 is 11.4 Å². The lowest BCUT2D eigenvalue weighted by atomic mass is 9.98. The highest BCUT2D eigenvalue weighted by atomic mass is 16.7. The van der Waals surface area contributed by atoms with E-state index in [1.54, 1.807) is 0 Å². The summed E-state index contributed by atoms with van der Waals surface area (Å²) >= 11 is 0. The minimum atomic E-state index is -1.26. The van der Waals surface area contributed by atoms with E-state index in [-0.39, 0.29) is 18.5 Å². The van der Waals surface area contributed by atoms with E-state index in [1.807, 2.05) is 33.8 Å². The normalized spacial score (nSPS) is 23.7. The Labute approximate surface area is 175 Å². The standard InChI is InChI=1S/C20H30N4O6/c1-11(2)7-13(8-12(3)4)29-20(27)28-10-15-17(25)14(9-21)18(30-15)24-6-5-16(22)23-19(24)26/h5-6,11-15,17-18,25H,7-8,10H2,1-4H3,(H2,22,23,26)/t14-,15+,17-,18+/m0/s1. The quantitative estimate of drug-likeness (QED) is 0.598. The van der Waals surface area contributed by atoms with Crippen LogP contribution in [-0.2, 0) is 14.2 Å². The number of hydrogen-bond acceptors (Lipinski definition) is 9. The van der Waals surface area contributed by atoms with Gasteiger partial charge >= 0.3 is 11.8 Å². The molecule has 10 nitrogen and oxygen atoms in total. The SMILES string of the molecule is CC(C)CC(CC(C)C)OC(=O)OC[C@H]1O[C@@H](n2ccc(N)nc2=O)[C@@H](C#N)[C@@H]1O. The zero-order valence-corrected chi connectivity index (χ0v) is 17.7. The van der Waals surface area contributed by atoms with Gasteiger partial charge in [0.15, 0.2) is 6.23 Å². The van der Waals surface area contributed by atoms with E-state index in [9.17, 15) is 20.0 Å². The number of rotatable bonds is 8. The lowest BCUT2D eigenvalue weighted by molar-refractivity contribution is -0.0656. The fourth-order valence-electron chi connectivity index (χ4n) is 3.44. The first-order valence-electron chi connectivity index (χ1n) is 10.0. The van der Waals surface area contributed by atoms with Crippen molar-refractivity contribution in [1.29, 1.82) is 5.26 Å². The number of hydrogen-bond donors (Lipinski definition) is 2. The van der Waals surface area contributed by atoms with Crippen molar-refractivity contribution in [1.82, 2.24) is 9.55 Å². The van der Waals surface area contributed by atoms with Crippen molar-refractivity contribution in [3.8, 4) is 6.07 Å². The van der Waals surface area contributed by atoms with Gasteiger partial charge in [-0.3, -0.25) is 4.57 Å². The van der Waals surface area contributed by atoms with E-state index in [0.717, 1.165) is 4.57 Å². The number of nitrogen functional groups attached to an aromatic ring is 1. The first kappa shape index (κ1) is 23.6. The van der Waals surface area contributed by atoms with E-state index in [4.69, 9.17) is 19.9 Å². The molecule has 0 bridgehead atoms. The van der Waals surface area contributed by atoms with E-state index in [1.165, 1.54) is 12.3 Å². The summed E-state index contributed by atoms with van der Waals surface area (Å²) in [5.74, 6) is -0.313. The Balaban J connectivity index is 2.00. The Hall–Kier alpha value is -2.64. The average molecular weight is 422 g/mol. The fourth-order valence-corrected chi connectivity index (χ4v) is 3.44. The predicted octanol–water partition coefficient (Wildman–Crippen LogP) is 1.84. The van der Waals surface area contributed by atoms with Gasteiger partial charge in [0.05, 0.1) is 6.07 Å². The maximum atomic E-state index is 12.1. The Morgan fingerprint density at radius 1 is 1.37 bits per heavy atom. The van der Waals surface area contributed by atoms with Gasteiger partial charge in [0.2, 0.25) is 0 Å². The summed E-state index contributed by atoms with van der Waals surface area (Å²) < 4.78 is 17.3. The molecule has 0 aliphatic carbocycles. The fraction of sp³-hybridized carbons (Fsp3) is 0.700. The number of nitrogens with zero attached hydrogens (tertiary/aromatic N) is 3. The van der Waals surface area contributed by atoms with Gasteiger partial charge in [-0.25, -0.2) is 9.59 Å². The predicted molar refractivity (Wildman–Crippen MR) is 107 cm³/mol. The van der Waals surface area contributed by atoms with Crippen LogP contribution in [0.1, 0.15) is 46.8 Å². The Kier molecular flexibility index (Phi) is 8.20. The third kappa shape index (κ3) is 6.18. The molecule has 2 heterocycles. The molecule has 0 saturated carbocycles. The molecule has 0 aromatic carbocycles. The van der Waals surface area contributed by atoms with Crippen LogP contribution >= 0.6 is 0 Å². The van der Waals surface area contributed by atoms with Crippen LogP contribution in [-0.4, -0.2) is 45.7 Å². The van der Waals surface area contributed by atoms with Gasteiger partial charge < -0.3 is 25.1 Å². The topological polar surface area (TPSA) is 150 Å². The summed E-state index contributed by atoms with van der Waals surface area (Å²) in [6.07, 6.45) is -1.71. The molecule has 30 heavy (non-hydrogen) atoms. The molecule has 0 unspecified atom stereocenters. The van der Waals surface area contributed by atoms with Gasteiger partial charge in [0, 0.05) is 6.20 Å². The van der Waals surface area contributed by atoms with Crippen LogP contribution in [0.3, 0.4) is 0 Å². The van der Waals surface area contributed by atoms with Gasteiger partial charge in [-0.2, -0.15) is 10.2 Å². The number of aliphatic hydroxyl groups excluding tert-OH is 1. The van der Waals surface area contributed by atoms with Gasteiger partial charge in [-0.1, -0.05) is 27.7 Å². The molecule has 2 rings (SSSR count). The minimum Gasteiger partial charge on any atom is -0.431 e. The van der Waals surface area contributed by atoms with E-state index < -0.39 is 36.2 Å². The number of carbonyl (C=O) groups is 1. The highest BCUT2D eigenvalue weighted by Crippen LogP contribution is 2.33. The van der Waals surface area contributed by atoms with Crippen LogP contribution in [0.2, 0.25) is 0 Å². The van der Waals surface area contributed by atoms with Gasteiger partial charge in [0.25, 0.3) is 0 Å². The second-order valence-electron chi connectivity index (χ2n) is 8.31. The molecular formula is C20H30N4O6. The highest BCUT2D eigenvalue weighted by Gasteiger charge is 2.46. The van der Waals surface area contributed by atoms with E-state index in [2.05, 4.69) is 4.98 Å². The summed E-state index contributed by atoms with van der Waals surface area (Å²) in [7, 11) is 0. The second kappa shape index (κ2) is 10.4. The minimum absolute atomic E-state index is 0.0308. The number of nitrogens with two attached hydrogens (primary N) is 1. The van der Waals surface area contributed by atoms with Crippen molar-refractivity contribution in [2.24, 2.45) is 17.8 Å². The Morgan fingerprint density at radius 3 is 2.53 bits per heavy atom. The molecule has 1 saturated heterocycles. The number of aromatic nitrogens is 2. The van der Waals surface area contributed by atoms with Crippen LogP contribution in [0.15, 0.2) is 17.1 Å². The molecule has 1 aliphatic heterocycles. The number of nitriles is 1. The maximum Gasteiger partial charge on any atom is 0.508 e. The van der Waals surface area contributed by atoms with Gasteiger partial charge in [-0.05, 0) is 30.7 Å². The number of anilines is 1. The zero-order valence-electron chi connectivity index (χ0n) is 17.7. The number of ether oxygens (including phenoxy) is 3. The van der Waals surface area contributed by atoms with Crippen molar-refractivity contribution in [3.05, 3.63) is 22.7 Å². The molecule has 0 amide bonds. The maximum absolute atomic E-state index is 12.1. The summed E-state index contributed by atoms with van der Waals surface area (Å²) in [4.78, 5) is 27.8. The zero-order chi connectivity index (χ0) is 22.4. The summed E-state index contributed by atoms with van der Waals surface area (Å²) in [5, 5.41) is 19.8. The molecule has 0 radical (unpaired) electrons. The lowest BCUT2D eigenvalue weighted by Gasteiger charge is -2.22. The molecule has 4 atom stereocenters. The largest absolute Gasteiger partial charge is 0.508 e. The third-order valence-corrected chi connectivity index (χ3v) is 4.74. The summed E-state index contributed by atoms with van der Waals surface area (Å²) in [6, 6.07) is 3.32. The van der Waals surface area contributed by atoms with Crippen LogP contribution in [0, 0.1) is 29.1 Å². The molecule has 166 valence electrons.